The zero-order valence-electron chi connectivity index (χ0n) is 17.5. The van der Waals surface area contributed by atoms with Crippen molar-refractivity contribution in [3.8, 4) is 0 Å². The summed E-state index contributed by atoms with van der Waals surface area (Å²) in [4.78, 5) is 29.8. The molecule has 0 unspecified atom stereocenters. The zero-order valence-corrected chi connectivity index (χ0v) is 18.4. The van der Waals surface area contributed by atoms with Crippen LogP contribution in [0.4, 0.5) is 17.3 Å². The molecule has 160 valence electrons. The number of hydrogen-bond acceptors (Lipinski definition) is 5. The lowest BCUT2D eigenvalue weighted by atomic mass is 9.98. The number of carbonyl (C=O) groups is 2. The van der Waals surface area contributed by atoms with Crippen LogP contribution in [0.3, 0.4) is 0 Å². The van der Waals surface area contributed by atoms with Crippen LogP contribution in [0.2, 0.25) is 0 Å². The highest BCUT2D eigenvalue weighted by molar-refractivity contribution is 7.20. The van der Waals surface area contributed by atoms with Gasteiger partial charge in [0.2, 0.25) is 0 Å². The summed E-state index contributed by atoms with van der Waals surface area (Å²) in [5.74, 6) is 1.42. The molecule has 2 aliphatic rings. The Balaban J connectivity index is 1.25. The molecule has 2 aromatic carbocycles. The van der Waals surface area contributed by atoms with E-state index in [1.807, 2.05) is 60.3 Å². The van der Waals surface area contributed by atoms with E-state index in [4.69, 9.17) is 0 Å². The number of fused-ring (bicyclic) bond motifs is 3. The smallest absolute Gasteiger partial charge is 0.266 e. The SMILES string of the molecule is CN1CCc2cc(N3CCn4nc(NC(=O)c5cc6ccccc6s5)cc43)ccc2C1=O. The van der Waals surface area contributed by atoms with E-state index in [-0.39, 0.29) is 11.8 Å². The van der Waals surface area contributed by atoms with E-state index in [0.29, 0.717) is 10.7 Å². The maximum atomic E-state index is 12.8. The van der Waals surface area contributed by atoms with Crippen LogP contribution >= 0.6 is 11.3 Å². The van der Waals surface area contributed by atoms with Gasteiger partial charge in [-0.2, -0.15) is 5.10 Å². The Morgan fingerprint density at radius 1 is 1.06 bits per heavy atom. The van der Waals surface area contributed by atoms with Crippen LogP contribution in [0.5, 0.6) is 0 Å². The number of anilines is 3. The average Bonchev–Trinajstić information content (AvgIpc) is 3.50. The second kappa shape index (κ2) is 7.20. The minimum Gasteiger partial charge on any atom is -0.341 e. The van der Waals surface area contributed by atoms with Crippen LogP contribution in [0.1, 0.15) is 25.6 Å². The fourth-order valence-electron chi connectivity index (χ4n) is 4.45. The molecule has 0 saturated heterocycles. The minimum absolute atomic E-state index is 0.0792. The van der Waals surface area contributed by atoms with Crippen molar-refractivity contribution in [3.63, 3.8) is 0 Å². The monoisotopic (exact) mass is 443 g/mol. The third-order valence-corrected chi connectivity index (χ3v) is 7.27. The van der Waals surface area contributed by atoms with Crippen molar-refractivity contribution in [3.05, 3.63) is 70.6 Å². The average molecular weight is 444 g/mol. The highest BCUT2D eigenvalue weighted by atomic mass is 32.1. The van der Waals surface area contributed by atoms with Gasteiger partial charge in [-0.15, -0.1) is 11.3 Å². The van der Waals surface area contributed by atoms with E-state index in [0.717, 1.165) is 58.8 Å². The Hall–Kier alpha value is -3.65. The van der Waals surface area contributed by atoms with Crippen molar-refractivity contribution < 1.29 is 9.59 Å². The minimum atomic E-state index is -0.147. The molecule has 2 aromatic heterocycles. The first-order chi connectivity index (χ1) is 15.6. The van der Waals surface area contributed by atoms with E-state index in [1.54, 1.807) is 4.90 Å². The standard InChI is InChI=1S/C24H21N5O2S/c1-27-9-8-15-12-17(6-7-18(15)24(27)31)28-10-11-29-22(28)14-21(26-29)25-23(30)20-13-16-4-2-3-5-19(16)32-20/h2-7,12-14H,8-11H2,1H3,(H,25,26,30). The number of carbonyl (C=O) groups excluding carboxylic acids is 2. The summed E-state index contributed by atoms with van der Waals surface area (Å²) in [5, 5.41) is 8.59. The van der Waals surface area contributed by atoms with Gasteiger partial charge in [-0.1, -0.05) is 18.2 Å². The number of rotatable bonds is 3. The first-order valence-corrected chi connectivity index (χ1v) is 11.4. The largest absolute Gasteiger partial charge is 0.341 e. The molecule has 0 aliphatic carbocycles. The van der Waals surface area contributed by atoms with Crippen LogP contribution in [0.15, 0.2) is 54.6 Å². The molecule has 0 radical (unpaired) electrons. The predicted molar refractivity (Wildman–Crippen MR) is 126 cm³/mol. The van der Waals surface area contributed by atoms with Crippen LogP contribution in [-0.2, 0) is 13.0 Å². The normalized spacial score (nSPS) is 15.2. The molecule has 4 heterocycles. The Bertz CT molecular complexity index is 1360. The Labute approximate surface area is 188 Å². The summed E-state index contributed by atoms with van der Waals surface area (Å²) in [6, 6.07) is 17.8. The molecular weight excluding hydrogens is 422 g/mol. The van der Waals surface area contributed by atoms with Crippen LogP contribution in [0.25, 0.3) is 10.1 Å². The van der Waals surface area contributed by atoms with E-state index in [2.05, 4.69) is 21.4 Å². The summed E-state index contributed by atoms with van der Waals surface area (Å²) >= 11 is 1.48. The van der Waals surface area contributed by atoms with Crippen molar-refractivity contribution >= 4 is 50.6 Å². The second-order valence-electron chi connectivity index (χ2n) is 8.18. The molecule has 7 nitrogen and oxygen atoms in total. The molecule has 4 aromatic rings. The van der Waals surface area contributed by atoms with Crippen molar-refractivity contribution in [2.24, 2.45) is 0 Å². The molecule has 32 heavy (non-hydrogen) atoms. The fourth-order valence-corrected chi connectivity index (χ4v) is 5.41. The summed E-state index contributed by atoms with van der Waals surface area (Å²) in [6.07, 6.45) is 0.856. The number of hydrogen-bond donors (Lipinski definition) is 1. The van der Waals surface area contributed by atoms with E-state index < -0.39 is 0 Å². The highest BCUT2D eigenvalue weighted by Crippen LogP contribution is 2.34. The third kappa shape index (κ3) is 3.06. The lowest BCUT2D eigenvalue weighted by Gasteiger charge is -2.26. The molecule has 0 bridgehead atoms. The fraction of sp³-hybridized carbons (Fsp3) is 0.208. The maximum Gasteiger partial charge on any atom is 0.266 e. The van der Waals surface area contributed by atoms with Crippen molar-refractivity contribution in [2.45, 2.75) is 13.0 Å². The summed E-state index contributed by atoms with van der Waals surface area (Å²) in [5.41, 5.74) is 2.91. The lowest BCUT2D eigenvalue weighted by molar-refractivity contribution is 0.0780. The first-order valence-electron chi connectivity index (χ1n) is 10.6. The van der Waals surface area contributed by atoms with Gasteiger partial charge in [0.05, 0.1) is 11.4 Å². The number of benzene rings is 2. The number of thiophene rings is 1. The van der Waals surface area contributed by atoms with Gasteiger partial charge >= 0.3 is 0 Å². The van der Waals surface area contributed by atoms with Gasteiger partial charge in [0.1, 0.15) is 5.82 Å². The molecule has 0 fully saturated rings. The van der Waals surface area contributed by atoms with Gasteiger partial charge in [-0.3, -0.25) is 9.59 Å². The van der Waals surface area contributed by atoms with Crippen LogP contribution < -0.4 is 10.2 Å². The number of nitrogens with zero attached hydrogens (tertiary/aromatic N) is 4. The van der Waals surface area contributed by atoms with Gasteiger partial charge in [0.15, 0.2) is 5.82 Å². The van der Waals surface area contributed by atoms with Crippen LogP contribution in [-0.4, -0.2) is 46.6 Å². The lowest BCUT2D eigenvalue weighted by Crippen LogP contribution is -2.34. The number of aromatic nitrogens is 2. The molecule has 0 atom stereocenters. The molecule has 1 N–H and O–H groups in total. The summed E-state index contributed by atoms with van der Waals surface area (Å²) in [7, 11) is 1.84. The predicted octanol–water partition coefficient (Wildman–Crippen LogP) is 4.13. The summed E-state index contributed by atoms with van der Waals surface area (Å²) < 4.78 is 3.01. The van der Waals surface area contributed by atoms with Gasteiger partial charge < -0.3 is 15.1 Å². The molecule has 0 spiro atoms. The van der Waals surface area contributed by atoms with Gasteiger partial charge in [0, 0.05) is 42.2 Å². The zero-order chi connectivity index (χ0) is 21.8. The molecule has 8 heteroatoms. The highest BCUT2D eigenvalue weighted by Gasteiger charge is 2.27. The third-order valence-electron chi connectivity index (χ3n) is 6.16. The molecule has 2 aliphatic heterocycles. The molecule has 2 amide bonds. The van der Waals surface area contributed by atoms with Crippen molar-refractivity contribution in [1.82, 2.24) is 14.7 Å². The van der Waals surface area contributed by atoms with E-state index in [1.165, 1.54) is 11.3 Å². The Morgan fingerprint density at radius 2 is 1.94 bits per heavy atom. The Kier molecular flexibility index (Phi) is 4.29. The van der Waals surface area contributed by atoms with E-state index in [9.17, 15) is 9.59 Å². The molecular formula is C24H21N5O2S. The van der Waals surface area contributed by atoms with Crippen LogP contribution in [0, 0.1) is 0 Å². The van der Waals surface area contributed by atoms with E-state index >= 15 is 0 Å². The summed E-state index contributed by atoms with van der Waals surface area (Å²) in [6.45, 7) is 2.29. The quantitative estimate of drug-likeness (QED) is 0.517. The van der Waals surface area contributed by atoms with Crippen molar-refractivity contribution in [2.75, 3.05) is 30.4 Å². The first kappa shape index (κ1) is 19.1. The Morgan fingerprint density at radius 3 is 2.81 bits per heavy atom. The topological polar surface area (TPSA) is 70.5 Å². The number of likely N-dealkylation sites (N-methyl/N-ethyl adjacent to an activating group) is 1. The maximum absolute atomic E-state index is 12.8. The van der Waals surface area contributed by atoms with Gasteiger partial charge in [-0.25, -0.2) is 4.68 Å². The van der Waals surface area contributed by atoms with Gasteiger partial charge in [0.25, 0.3) is 11.8 Å². The van der Waals surface area contributed by atoms with Crippen molar-refractivity contribution in [1.29, 1.82) is 0 Å². The van der Waals surface area contributed by atoms with Gasteiger partial charge in [-0.05, 0) is 47.7 Å². The number of nitrogens with one attached hydrogen (secondary N) is 1. The molecule has 6 rings (SSSR count). The second-order valence-corrected chi connectivity index (χ2v) is 9.27. The number of amides is 2. The molecule has 0 saturated carbocycles.